The summed E-state index contributed by atoms with van der Waals surface area (Å²) < 4.78 is 18.6. The maximum Gasteiger partial charge on any atom is 0.123 e. The van der Waals surface area contributed by atoms with Crippen LogP contribution in [-0.2, 0) is 11.3 Å². The zero-order chi connectivity index (χ0) is 18.2. The molecule has 0 fully saturated rings. The summed E-state index contributed by atoms with van der Waals surface area (Å²) in [7, 11) is 4.21. The van der Waals surface area contributed by atoms with Gasteiger partial charge in [-0.25, -0.2) is 4.39 Å². The highest BCUT2D eigenvalue weighted by Gasteiger charge is 2.24. The topological polar surface area (TPSA) is 36.3 Å². The lowest BCUT2D eigenvalue weighted by Crippen LogP contribution is -2.12. The van der Waals surface area contributed by atoms with Crippen LogP contribution in [0.15, 0.2) is 42.5 Å². The van der Waals surface area contributed by atoms with E-state index >= 15 is 0 Å². The molecule has 2 aromatic carbocycles. The maximum absolute atomic E-state index is 12.9. The zero-order valence-corrected chi connectivity index (χ0v) is 15.1. The van der Waals surface area contributed by atoms with E-state index in [0.29, 0.717) is 12.2 Å². The highest BCUT2D eigenvalue weighted by atomic mass is 19.1. The average molecular weight is 340 g/mol. The molecule has 0 saturated carbocycles. The van der Waals surface area contributed by atoms with Crippen molar-refractivity contribution in [2.75, 3.05) is 20.6 Å². The third-order valence-electron chi connectivity index (χ3n) is 4.09. The molecule has 1 heterocycles. The largest absolute Gasteiger partial charge is 0.364 e. The minimum absolute atomic E-state index is 0.159. The van der Waals surface area contributed by atoms with Crippen LogP contribution in [0.4, 0.5) is 4.39 Å². The third-order valence-corrected chi connectivity index (χ3v) is 4.09. The number of rotatable bonds is 4. The number of fused-ring (bicyclic) bond motifs is 1. The summed E-state index contributed by atoms with van der Waals surface area (Å²) in [6.07, 6.45) is 2.47. The quantitative estimate of drug-likeness (QED) is 0.812. The van der Waals surface area contributed by atoms with Crippen LogP contribution in [-0.4, -0.2) is 25.5 Å². The zero-order valence-electron chi connectivity index (χ0n) is 15.1. The van der Waals surface area contributed by atoms with Gasteiger partial charge < -0.3 is 9.64 Å². The number of nitriles is 1. The van der Waals surface area contributed by atoms with E-state index in [1.165, 1.54) is 31.5 Å². The van der Waals surface area contributed by atoms with Gasteiger partial charge in [0.2, 0.25) is 0 Å². The summed E-state index contributed by atoms with van der Waals surface area (Å²) in [6, 6.07) is 14.0. The standard InChI is InChI=1S/C15H10FNO.C6H15N/c16-13-4-2-11(3-5-13)15-14-6-1-10(8-17)7-12(14)9-18-15;1-4-5-6-7(2)3/h1-7,15H,9H2;4-6H2,1-3H3. The Balaban J connectivity index is 0.000000277. The fourth-order valence-corrected chi connectivity index (χ4v) is 2.71. The van der Waals surface area contributed by atoms with Crippen LogP contribution in [0.1, 0.15) is 48.1 Å². The number of unbranched alkanes of at least 4 members (excludes halogenated alkanes) is 1. The SMILES string of the molecule is CCCCN(C)C.N#Cc1ccc2c(c1)COC2c1ccc(F)cc1. The lowest BCUT2D eigenvalue weighted by atomic mass is 9.98. The van der Waals surface area contributed by atoms with E-state index in [-0.39, 0.29) is 11.9 Å². The molecule has 0 aliphatic carbocycles. The van der Waals surface area contributed by atoms with E-state index in [9.17, 15) is 4.39 Å². The van der Waals surface area contributed by atoms with Crippen LogP contribution in [0.5, 0.6) is 0 Å². The smallest absolute Gasteiger partial charge is 0.123 e. The van der Waals surface area contributed by atoms with Crippen molar-refractivity contribution < 1.29 is 9.13 Å². The number of halogens is 1. The van der Waals surface area contributed by atoms with Crippen molar-refractivity contribution in [3.8, 4) is 6.07 Å². The molecule has 3 nitrogen and oxygen atoms in total. The van der Waals surface area contributed by atoms with Gasteiger partial charge >= 0.3 is 0 Å². The van der Waals surface area contributed by atoms with Gasteiger partial charge in [0.25, 0.3) is 0 Å². The van der Waals surface area contributed by atoms with Crippen molar-refractivity contribution in [1.29, 1.82) is 5.26 Å². The van der Waals surface area contributed by atoms with Crippen molar-refractivity contribution >= 4 is 0 Å². The van der Waals surface area contributed by atoms with Gasteiger partial charge in [0.1, 0.15) is 11.9 Å². The van der Waals surface area contributed by atoms with Crippen molar-refractivity contribution in [2.24, 2.45) is 0 Å². The van der Waals surface area contributed by atoms with E-state index in [4.69, 9.17) is 10.00 Å². The molecule has 1 aliphatic heterocycles. The minimum atomic E-state index is -0.253. The van der Waals surface area contributed by atoms with E-state index < -0.39 is 0 Å². The summed E-state index contributed by atoms with van der Waals surface area (Å²) in [5, 5.41) is 8.85. The first-order valence-electron chi connectivity index (χ1n) is 8.60. The van der Waals surface area contributed by atoms with Crippen molar-refractivity contribution in [3.05, 3.63) is 70.5 Å². The van der Waals surface area contributed by atoms with Gasteiger partial charge in [0.05, 0.1) is 18.2 Å². The molecule has 4 heteroatoms. The predicted octanol–water partition coefficient (Wildman–Crippen LogP) is 4.67. The van der Waals surface area contributed by atoms with Crippen molar-refractivity contribution in [2.45, 2.75) is 32.5 Å². The molecule has 0 N–H and O–H groups in total. The fourth-order valence-electron chi connectivity index (χ4n) is 2.71. The Kier molecular flexibility index (Phi) is 7.12. The average Bonchev–Trinajstić information content (AvgIpc) is 3.04. The van der Waals surface area contributed by atoms with Gasteiger partial charge in [-0.1, -0.05) is 31.5 Å². The summed E-state index contributed by atoms with van der Waals surface area (Å²) in [6.45, 7) is 3.94. The van der Waals surface area contributed by atoms with E-state index in [2.05, 4.69) is 32.0 Å². The number of benzene rings is 2. The van der Waals surface area contributed by atoms with Crippen LogP contribution in [0.2, 0.25) is 0 Å². The first-order chi connectivity index (χ1) is 12.0. The second-order valence-electron chi connectivity index (χ2n) is 6.42. The Hall–Kier alpha value is -2.22. The number of hydrogen-bond donors (Lipinski definition) is 0. The Labute approximate surface area is 149 Å². The maximum atomic E-state index is 12.9. The molecule has 0 spiro atoms. The molecule has 132 valence electrons. The van der Waals surface area contributed by atoms with Crippen LogP contribution in [0.25, 0.3) is 0 Å². The molecule has 0 amide bonds. The Morgan fingerprint density at radius 3 is 2.48 bits per heavy atom. The molecule has 0 radical (unpaired) electrons. The van der Waals surface area contributed by atoms with Crippen LogP contribution in [0, 0.1) is 17.1 Å². The molecule has 1 aliphatic rings. The molecular formula is C21H25FN2O. The normalized spacial score (nSPS) is 15.3. The summed E-state index contributed by atoms with van der Waals surface area (Å²) in [5.41, 5.74) is 3.65. The molecule has 25 heavy (non-hydrogen) atoms. The molecular weight excluding hydrogens is 315 g/mol. The molecule has 0 saturated heterocycles. The monoisotopic (exact) mass is 340 g/mol. The van der Waals surface area contributed by atoms with Gasteiger partial charge in [-0.3, -0.25) is 0 Å². The first-order valence-corrected chi connectivity index (χ1v) is 8.60. The van der Waals surface area contributed by atoms with E-state index in [0.717, 1.165) is 16.7 Å². The molecule has 1 unspecified atom stereocenters. The predicted molar refractivity (Wildman–Crippen MR) is 97.7 cm³/mol. The second-order valence-corrected chi connectivity index (χ2v) is 6.42. The Morgan fingerprint density at radius 1 is 1.20 bits per heavy atom. The lowest BCUT2D eigenvalue weighted by molar-refractivity contribution is 0.0939. The molecule has 2 aromatic rings. The van der Waals surface area contributed by atoms with Crippen molar-refractivity contribution in [1.82, 2.24) is 4.90 Å². The number of ether oxygens (including phenoxy) is 1. The summed E-state index contributed by atoms with van der Waals surface area (Å²) in [5.74, 6) is -0.253. The van der Waals surface area contributed by atoms with E-state index in [1.54, 1.807) is 18.2 Å². The van der Waals surface area contributed by atoms with Gasteiger partial charge in [-0.15, -0.1) is 0 Å². The molecule has 0 bridgehead atoms. The van der Waals surface area contributed by atoms with Crippen molar-refractivity contribution in [3.63, 3.8) is 0 Å². The second kappa shape index (κ2) is 9.31. The highest BCUT2D eigenvalue weighted by molar-refractivity contribution is 5.44. The molecule has 1 atom stereocenters. The summed E-state index contributed by atoms with van der Waals surface area (Å²) in [4.78, 5) is 2.21. The lowest BCUT2D eigenvalue weighted by Gasteiger charge is -2.11. The highest BCUT2D eigenvalue weighted by Crippen LogP contribution is 2.36. The first kappa shape index (κ1) is 19.1. The Bertz CT molecular complexity index is 720. The minimum Gasteiger partial charge on any atom is -0.364 e. The van der Waals surface area contributed by atoms with Gasteiger partial charge in [0, 0.05) is 0 Å². The Morgan fingerprint density at radius 2 is 1.92 bits per heavy atom. The van der Waals surface area contributed by atoms with Crippen LogP contribution in [0.3, 0.4) is 0 Å². The number of nitrogens with zero attached hydrogens (tertiary/aromatic N) is 2. The van der Waals surface area contributed by atoms with Crippen LogP contribution >= 0.6 is 0 Å². The summed E-state index contributed by atoms with van der Waals surface area (Å²) >= 11 is 0. The van der Waals surface area contributed by atoms with Gasteiger partial charge in [0.15, 0.2) is 0 Å². The van der Waals surface area contributed by atoms with Gasteiger partial charge in [-0.2, -0.15) is 5.26 Å². The van der Waals surface area contributed by atoms with E-state index in [1.807, 2.05) is 12.1 Å². The van der Waals surface area contributed by atoms with Gasteiger partial charge in [-0.05, 0) is 68.0 Å². The number of hydrogen-bond acceptors (Lipinski definition) is 3. The third kappa shape index (κ3) is 5.38. The molecule has 0 aromatic heterocycles. The molecule has 3 rings (SSSR count). The van der Waals surface area contributed by atoms with Crippen LogP contribution < -0.4 is 0 Å². The fraction of sp³-hybridized carbons (Fsp3) is 0.381.